The minimum atomic E-state index is -0.387. The van der Waals surface area contributed by atoms with Crippen LogP contribution in [-0.4, -0.2) is 34.4 Å². The van der Waals surface area contributed by atoms with Crippen molar-refractivity contribution in [1.29, 1.82) is 0 Å². The Labute approximate surface area is 153 Å². The molecule has 1 unspecified atom stereocenters. The number of aliphatic hydroxyl groups excluding tert-OH is 1. The van der Waals surface area contributed by atoms with Crippen LogP contribution in [0.25, 0.3) is 0 Å². The van der Waals surface area contributed by atoms with E-state index in [2.05, 4.69) is 4.98 Å². The number of ether oxygens (including phenoxy) is 1. The molecule has 3 aliphatic rings. The molecule has 0 aliphatic heterocycles. The highest BCUT2D eigenvalue weighted by Gasteiger charge is 2.26. The fraction of sp³-hybridized carbons (Fsp3) is 0.526. The minimum absolute atomic E-state index is 0.207. The largest absolute Gasteiger partial charge is 0.470 e. The Morgan fingerprint density at radius 3 is 2.46 bits per heavy atom. The van der Waals surface area contributed by atoms with Crippen LogP contribution in [0.1, 0.15) is 32.1 Å². The van der Waals surface area contributed by atoms with E-state index in [4.69, 9.17) is 21.4 Å². The second kappa shape index (κ2) is 8.51. The normalized spacial score (nSPS) is 21.9. The van der Waals surface area contributed by atoms with Gasteiger partial charge in [-0.1, -0.05) is 6.08 Å². The topological polar surface area (TPSA) is 97.6 Å². The summed E-state index contributed by atoms with van der Waals surface area (Å²) >= 11 is 0. The third-order valence-electron chi connectivity index (χ3n) is 4.59. The van der Waals surface area contributed by atoms with Gasteiger partial charge in [-0.15, -0.1) is 0 Å². The molecule has 3 aliphatic carbocycles. The number of aromatic nitrogens is 1. The van der Waals surface area contributed by atoms with Crippen LogP contribution in [0.2, 0.25) is 0 Å². The highest BCUT2D eigenvalue weighted by Crippen LogP contribution is 2.31. The lowest BCUT2D eigenvalue weighted by molar-refractivity contribution is 0.235. The Hall–Kier alpha value is -2.12. The number of pyridine rings is 1. The van der Waals surface area contributed by atoms with Gasteiger partial charge in [-0.25, -0.2) is 15.2 Å². The van der Waals surface area contributed by atoms with Gasteiger partial charge in [-0.3, -0.25) is 0 Å². The summed E-state index contributed by atoms with van der Waals surface area (Å²) in [6, 6.07) is 2.82. The molecule has 4 rings (SSSR count). The summed E-state index contributed by atoms with van der Waals surface area (Å²) in [5, 5.41) is 9.92. The highest BCUT2D eigenvalue weighted by molar-refractivity contribution is 5.32. The number of hydrogen-bond acceptors (Lipinski definition) is 6. The summed E-state index contributed by atoms with van der Waals surface area (Å²) in [7, 11) is 0. The highest BCUT2D eigenvalue weighted by atomic mass is 19.1. The average Bonchev–Trinajstić information content (AvgIpc) is 3.52. The van der Waals surface area contributed by atoms with Gasteiger partial charge in [0.05, 0.1) is 17.6 Å². The van der Waals surface area contributed by atoms with E-state index in [9.17, 15) is 4.39 Å². The molecule has 26 heavy (non-hydrogen) atoms. The first-order chi connectivity index (χ1) is 12.5. The molecular formula is C19H27FN4O2. The molecule has 2 saturated carbocycles. The van der Waals surface area contributed by atoms with Crippen LogP contribution in [0, 0.1) is 17.7 Å². The zero-order valence-corrected chi connectivity index (χ0v) is 14.9. The third kappa shape index (κ3) is 5.71. The van der Waals surface area contributed by atoms with Gasteiger partial charge in [0.2, 0.25) is 5.88 Å². The van der Waals surface area contributed by atoms with Crippen molar-refractivity contribution >= 4 is 0 Å². The minimum Gasteiger partial charge on any atom is -0.470 e. The summed E-state index contributed by atoms with van der Waals surface area (Å²) in [5.41, 5.74) is 7.52. The van der Waals surface area contributed by atoms with Gasteiger partial charge < -0.3 is 20.6 Å². The van der Waals surface area contributed by atoms with Crippen molar-refractivity contribution in [2.75, 3.05) is 13.2 Å². The lowest BCUT2D eigenvalue weighted by Crippen LogP contribution is -2.36. The maximum absolute atomic E-state index is 12.8. The van der Waals surface area contributed by atoms with E-state index in [0.717, 1.165) is 18.4 Å². The first-order valence-electron chi connectivity index (χ1n) is 9.14. The third-order valence-corrected chi connectivity index (χ3v) is 4.59. The molecule has 1 aromatic rings. The van der Waals surface area contributed by atoms with Gasteiger partial charge in [0.15, 0.2) is 0 Å². The predicted octanol–water partition coefficient (Wildman–Crippen LogP) is 2.07. The molecule has 0 amide bonds. The molecule has 2 fully saturated rings. The van der Waals surface area contributed by atoms with Gasteiger partial charge in [0.1, 0.15) is 11.9 Å². The molecule has 6 nitrogen and oxygen atoms in total. The first kappa shape index (κ1) is 18.7. The van der Waals surface area contributed by atoms with E-state index in [1.54, 1.807) is 5.01 Å². The van der Waals surface area contributed by atoms with Crippen LogP contribution in [0.15, 0.2) is 41.9 Å². The number of aliphatic hydroxyl groups is 1. The molecule has 0 radical (unpaired) electrons. The Balaban J connectivity index is 0.000000339. The molecule has 0 bridgehead atoms. The van der Waals surface area contributed by atoms with Crippen molar-refractivity contribution < 1.29 is 14.2 Å². The van der Waals surface area contributed by atoms with Crippen molar-refractivity contribution in [3.05, 3.63) is 47.7 Å². The molecule has 0 saturated heterocycles. The number of nitrogens with two attached hydrogens (primary N) is 2. The number of hydrogen-bond donors (Lipinski definition) is 3. The van der Waals surface area contributed by atoms with E-state index < -0.39 is 0 Å². The van der Waals surface area contributed by atoms with Gasteiger partial charge in [-0.2, -0.15) is 0 Å². The molecular weight excluding hydrogens is 335 g/mol. The maximum Gasteiger partial charge on any atom is 0.213 e. The molecule has 142 valence electrons. The Kier molecular flexibility index (Phi) is 6.11. The summed E-state index contributed by atoms with van der Waals surface area (Å²) in [6.07, 6.45) is 10.4. The second-order valence-corrected chi connectivity index (χ2v) is 7.14. The van der Waals surface area contributed by atoms with Gasteiger partial charge in [0.25, 0.3) is 0 Å². The molecule has 7 heteroatoms. The van der Waals surface area contributed by atoms with Crippen molar-refractivity contribution in [3.63, 3.8) is 0 Å². The van der Waals surface area contributed by atoms with Gasteiger partial charge in [-0.05, 0) is 49.7 Å². The van der Waals surface area contributed by atoms with Crippen LogP contribution in [0.4, 0.5) is 4.39 Å². The van der Waals surface area contributed by atoms with Crippen LogP contribution < -0.4 is 16.3 Å². The average molecular weight is 362 g/mol. The molecule has 0 aromatic carbocycles. The first-order valence-corrected chi connectivity index (χ1v) is 9.14. The zero-order chi connectivity index (χ0) is 18.5. The number of halogens is 1. The van der Waals surface area contributed by atoms with E-state index in [1.807, 2.05) is 12.2 Å². The molecule has 1 heterocycles. The van der Waals surface area contributed by atoms with Crippen molar-refractivity contribution in [2.45, 2.75) is 38.2 Å². The number of rotatable bonds is 6. The zero-order valence-electron chi connectivity index (χ0n) is 14.9. The smallest absolute Gasteiger partial charge is 0.213 e. The second-order valence-electron chi connectivity index (χ2n) is 7.14. The Morgan fingerprint density at radius 1 is 1.23 bits per heavy atom. The van der Waals surface area contributed by atoms with Crippen LogP contribution in [0.5, 0.6) is 5.88 Å². The number of hydrazine groups is 1. The molecule has 1 atom stereocenters. The van der Waals surface area contributed by atoms with Crippen LogP contribution >= 0.6 is 0 Å². The molecule has 0 spiro atoms. The van der Waals surface area contributed by atoms with E-state index in [0.29, 0.717) is 36.4 Å². The summed E-state index contributed by atoms with van der Waals surface area (Å²) < 4.78 is 18.5. The Bertz CT molecular complexity index is 654. The van der Waals surface area contributed by atoms with Crippen LogP contribution in [0.3, 0.4) is 0 Å². The van der Waals surface area contributed by atoms with Gasteiger partial charge in [0, 0.05) is 25.6 Å². The van der Waals surface area contributed by atoms with Crippen LogP contribution in [-0.2, 0) is 0 Å². The van der Waals surface area contributed by atoms with E-state index in [1.165, 1.54) is 37.8 Å². The predicted molar refractivity (Wildman–Crippen MR) is 97.0 cm³/mol. The lowest BCUT2D eigenvalue weighted by Gasteiger charge is -2.27. The fourth-order valence-corrected chi connectivity index (χ4v) is 2.63. The van der Waals surface area contributed by atoms with E-state index >= 15 is 0 Å². The van der Waals surface area contributed by atoms with E-state index in [-0.39, 0.29) is 11.9 Å². The fourth-order valence-electron chi connectivity index (χ4n) is 2.63. The molecule has 1 aromatic heterocycles. The SMILES string of the molecule is NC1=CC(Oc2ccc(F)cn2)CC=C1N(N)CC1CC1.OCC1CC1. The monoisotopic (exact) mass is 362 g/mol. The van der Waals surface area contributed by atoms with Gasteiger partial charge >= 0.3 is 0 Å². The Morgan fingerprint density at radius 2 is 1.96 bits per heavy atom. The standard InChI is InChI=1S/C15H19FN4O.C4H8O/c16-11-3-6-15(19-8-11)21-12-4-5-14(13(17)7-12)20(18)9-10-1-2-10;5-3-4-1-2-4/h3,5-8,10,12H,1-2,4,9,17-18H2;4-5H,1-3H2. The summed E-state index contributed by atoms with van der Waals surface area (Å²) in [6.45, 7) is 1.26. The lowest BCUT2D eigenvalue weighted by atomic mass is 10.1. The summed E-state index contributed by atoms with van der Waals surface area (Å²) in [4.78, 5) is 3.88. The van der Waals surface area contributed by atoms with Crippen molar-refractivity contribution in [2.24, 2.45) is 23.4 Å². The van der Waals surface area contributed by atoms with Crippen molar-refractivity contribution in [3.8, 4) is 5.88 Å². The quantitative estimate of drug-likeness (QED) is 0.529. The summed E-state index contributed by atoms with van der Waals surface area (Å²) in [5.74, 6) is 7.42. The number of nitrogens with zero attached hydrogens (tertiary/aromatic N) is 2. The van der Waals surface area contributed by atoms with Crippen molar-refractivity contribution in [1.82, 2.24) is 9.99 Å². The molecule has 5 N–H and O–H groups in total. The maximum atomic E-state index is 12.8.